The number of nitrogens with zero attached hydrogens (tertiary/aromatic N) is 2. The highest BCUT2D eigenvalue weighted by Crippen LogP contribution is 2.29. The summed E-state index contributed by atoms with van der Waals surface area (Å²) in [4.78, 5) is 9.07. The summed E-state index contributed by atoms with van der Waals surface area (Å²) in [5.41, 5.74) is 2.04. The van der Waals surface area contributed by atoms with Gasteiger partial charge in [0, 0.05) is 13.0 Å². The van der Waals surface area contributed by atoms with Gasteiger partial charge in [-0.3, -0.25) is 0 Å². The van der Waals surface area contributed by atoms with Crippen LogP contribution in [-0.4, -0.2) is 16.5 Å². The molecule has 1 N–H and O–H groups in total. The Balaban J connectivity index is 2.35. The van der Waals surface area contributed by atoms with Crippen LogP contribution in [0.15, 0.2) is 24.3 Å². The molecule has 0 aliphatic carbocycles. The largest absolute Gasteiger partial charge is 0.438 e. The van der Waals surface area contributed by atoms with Crippen molar-refractivity contribution in [2.75, 3.05) is 11.9 Å². The zero-order valence-electron chi connectivity index (χ0n) is 13.2. The summed E-state index contributed by atoms with van der Waals surface area (Å²) >= 11 is 0. The fraction of sp³-hybridized carbons (Fsp3) is 0.412. The second kappa shape index (κ2) is 7.07. The summed E-state index contributed by atoms with van der Waals surface area (Å²) in [7, 11) is 0. The van der Waals surface area contributed by atoms with Gasteiger partial charge in [0.15, 0.2) is 0 Å². The molecule has 1 aromatic heterocycles. The molecular formula is C17H23N3O. The Bertz CT molecular complexity index is 611. The summed E-state index contributed by atoms with van der Waals surface area (Å²) in [5, 5.41) is 3.35. The number of hydrogen-bond donors (Lipinski definition) is 1. The quantitative estimate of drug-likeness (QED) is 0.861. The van der Waals surface area contributed by atoms with Crippen molar-refractivity contribution in [1.29, 1.82) is 0 Å². The van der Waals surface area contributed by atoms with E-state index in [0.29, 0.717) is 5.88 Å². The van der Waals surface area contributed by atoms with E-state index in [1.807, 2.05) is 45.0 Å². The molecule has 0 spiro atoms. The lowest BCUT2D eigenvalue weighted by Crippen LogP contribution is -2.08. The van der Waals surface area contributed by atoms with Crippen LogP contribution in [0.5, 0.6) is 11.6 Å². The topological polar surface area (TPSA) is 47.0 Å². The molecule has 2 aromatic rings. The Morgan fingerprint density at radius 3 is 2.52 bits per heavy atom. The summed E-state index contributed by atoms with van der Waals surface area (Å²) in [6.07, 6.45) is 1.84. The van der Waals surface area contributed by atoms with Crippen LogP contribution in [0.25, 0.3) is 0 Å². The van der Waals surface area contributed by atoms with E-state index in [1.165, 1.54) is 0 Å². The highest BCUT2D eigenvalue weighted by atomic mass is 16.5. The van der Waals surface area contributed by atoms with Crippen molar-refractivity contribution in [3.8, 4) is 11.6 Å². The SMILES string of the molecule is CCCNc1nc(CC)nc(Oc2ccccc2C)c1C. The van der Waals surface area contributed by atoms with Crippen molar-refractivity contribution in [2.45, 2.75) is 40.5 Å². The van der Waals surface area contributed by atoms with Gasteiger partial charge >= 0.3 is 0 Å². The number of aromatic nitrogens is 2. The van der Waals surface area contributed by atoms with E-state index >= 15 is 0 Å². The monoisotopic (exact) mass is 285 g/mol. The maximum Gasteiger partial charge on any atom is 0.227 e. The second-order valence-corrected chi connectivity index (χ2v) is 5.07. The van der Waals surface area contributed by atoms with E-state index in [9.17, 15) is 0 Å². The predicted molar refractivity (Wildman–Crippen MR) is 86.2 cm³/mol. The highest BCUT2D eigenvalue weighted by Gasteiger charge is 2.12. The van der Waals surface area contributed by atoms with Crippen molar-refractivity contribution in [1.82, 2.24) is 9.97 Å². The minimum atomic E-state index is 0.634. The maximum absolute atomic E-state index is 6.01. The number of para-hydroxylation sites is 1. The Kier molecular flexibility index (Phi) is 5.14. The van der Waals surface area contributed by atoms with Gasteiger partial charge in [-0.05, 0) is 31.9 Å². The van der Waals surface area contributed by atoms with Crippen molar-refractivity contribution in [3.63, 3.8) is 0 Å². The zero-order chi connectivity index (χ0) is 15.2. The molecule has 0 saturated heterocycles. The number of anilines is 1. The molecule has 4 heteroatoms. The van der Waals surface area contributed by atoms with Crippen LogP contribution in [0.2, 0.25) is 0 Å². The molecule has 21 heavy (non-hydrogen) atoms. The standard InChI is InChI=1S/C17H23N3O/c1-5-11-18-16-13(4)17(20-15(6-2)19-16)21-14-10-8-7-9-12(14)3/h7-10H,5-6,11H2,1-4H3,(H,18,19,20). The van der Waals surface area contributed by atoms with E-state index in [4.69, 9.17) is 4.74 Å². The van der Waals surface area contributed by atoms with Gasteiger partial charge in [-0.15, -0.1) is 0 Å². The van der Waals surface area contributed by atoms with Gasteiger partial charge in [0.2, 0.25) is 5.88 Å². The van der Waals surface area contributed by atoms with Crippen molar-refractivity contribution < 1.29 is 4.74 Å². The van der Waals surface area contributed by atoms with E-state index in [2.05, 4.69) is 22.2 Å². The van der Waals surface area contributed by atoms with Crippen molar-refractivity contribution in [2.24, 2.45) is 0 Å². The van der Waals surface area contributed by atoms with Gasteiger partial charge in [-0.2, -0.15) is 4.98 Å². The lowest BCUT2D eigenvalue weighted by Gasteiger charge is -2.14. The zero-order valence-corrected chi connectivity index (χ0v) is 13.2. The first-order chi connectivity index (χ1) is 10.2. The molecule has 4 nitrogen and oxygen atoms in total. The average Bonchev–Trinajstić information content (AvgIpc) is 2.50. The van der Waals surface area contributed by atoms with Crippen LogP contribution >= 0.6 is 0 Å². The Labute approximate surface area is 126 Å². The maximum atomic E-state index is 6.01. The van der Waals surface area contributed by atoms with E-state index in [-0.39, 0.29) is 0 Å². The van der Waals surface area contributed by atoms with Gasteiger partial charge in [0.05, 0.1) is 5.56 Å². The normalized spacial score (nSPS) is 10.5. The first kappa shape index (κ1) is 15.3. The molecule has 0 unspecified atom stereocenters. The molecule has 1 heterocycles. The lowest BCUT2D eigenvalue weighted by atomic mass is 10.2. The molecular weight excluding hydrogens is 262 g/mol. The van der Waals surface area contributed by atoms with Crippen LogP contribution in [0.1, 0.15) is 37.2 Å². The molecule has 2 rings (SSSR count). The molecule has 0 amide bonds. The molecule has 0 radical (unpaired) electrons. The first-order valence-electron chi connectivity index (χ1n) is 7.50. The third kappa shape index (κ3) is 3.72. The number of nitrogens with one attached hydrogen (secondary N) is 1. The number of ether oxygens (including phenoxy) is 1. The summed E-state index contributed by atoms with van der Waals surface area (Å²) in [6, 6.07) is 7.96. The Morgan fingerprint density at radius 1 is 1.10 bits per heavy atom. The van der Waals surface area contributed by atoms with Crippen molar-refractivity contribution in [3.05, 3.63) is 41.2 Å². The van der Waals surface area contributed by atoms with Gasteiger partial charge < -0.3 is 10.1 Å². The number of aryl methyl sites for hydroxylation is 2. The van der Waals surface area contributed by atoms with Crippen LogP contribution in [-0.2, 0) is 6.42 Å². The number of benzene rings is 1. The van der Waals surface area contributed by atoms with Crippen molar-refractivity contribution >= 4 is 5.82 Å². The third-order valence-corrected chi connectivity index (χ3v) is 3.31. The van der Waals surface area contributed by atoms with E-state index in [0.717, 1.165) is 47.9 Å². The van der Waals surface area contributed by atoms with E-state index < -0.39 is 0 Å². The van der Waals surface area contributed by atoms with Gasteiger partial charge in [-0.25, -0.2) is 4.98 Å². The van der Waals surface area contributed by atoms with Gasteiger partial charge in [0.1, 0.15) is 17.4 Å². The van der Waals surface area contributed by atoms with Crippen LogP contribution < -0.4 is 10.1 Å². The molecule has 1 aromatic carbocycles. The minimum absolute atomic E-state index is 0.634. The molecule has 0 bridgehead atoms. The fourth-order valence-electron chi connectivity index (χ4n) is 1.99. The molecule has 0 aliphatic rings. The predicted octanol–water partition coefficient (Wildman–Crippen LogP) is 4.27. The smallest absolute Gasteiger partial charge is 0.227 e. The summed E-state index contributed by atoms with van der Waals surface area (Å²) < 4.78 is 6.01. The minimum Gasteiger partial charge on any atom is -0.438 e. The molecule has 112 valence electrons. The number of hydrogen-bond acceptors (Lipinski definition) is 4. The highest BCUT2D eigenvalue weighted by molar-refractivity contribution is 5.50. The van der Waals surface area contributed by atoms with Crippen LogP contribution in [0.4, 0.5) is 5.82 Å². The number of rotatable bonds is 6. The van der Waals surface area contributed by atoms with Gasteiger partial charge in [0.25, 0.3) is 0 Å². The average molecular weight is 285 g/mol. The molecule has 0 saturated carbocycles. The van der Waals surface area contributed by atoms with Crippen LogP contribution in [0.3, 0.4) is 0 Å². The van der Waals surface area contributed by atoms with Crippen LogP contribution in [0, 0.1) is 13.8 Å². The van der Waals surface area contributed by atoms with Gasteiger partial charge in [-0.1, -0.05) is 32.0 Å². The fourth-order valence-corrected chi connectivity index (χ4v) is 1.99. The summed E-state index contributed by atoms with van der Waals surface area (Å²) in [5.74, 6) is 3.13. The lowest BCUT2D eigenvalue weighted by molar-refractivity contribution is 0.451. The second-order valence-electron chi connectivity index (χ2n) is 5.07. The molecule has 0 atom stereocenters. The first-order valence-corrected chi connectivity index (χ1v) is 7.50. The summed E-state index contributed by atoms with van der Waals surface area (Å²) in [6.45, 7) is 9.10. The third-order valence-electron chi connectivity index (χ3n) is 3.31. The Hall–Kier alpha value is -2.10. The van der Waals surface area contributed by atoms with E-state index in [1.54, 1.807) is 0 Å². The molecule has 0 aliphatic heterocycles. The Morgan fingerprint density at radius 2 is 1.86 bits per heavy atom. The molecule has 0 fully saturated rings.